The number of sulfone groups is 1. The number of carboxylic acid groups (broad SMARTS) is 1. The van der Waals surface area contributed by atoms with Crippen molar-refractivity contribution in [1.29, 1.82) is 0 Å². The van der Waals surface area contributed by atoms with Crippen LogP contribution in [0.15, 0.2) is 22.7 Å². The van der Waals surface area contributed by atoms with E-state index in [9.17, 15) is 17.6 Å². The second kappa shape index (κ2) is 5.59. The highest BCUT2D eigenvalue weighted by Gasteiger charge is 2.16. The Morgan fingerprint density at radius 1 is 1.41 bits per heavy atom. The lowest BCUT2D eigenvalue weighted by atomic mass is 10.2. The molecule has 0 radical (unpaired) electrons. The summed E-state index contributed by atoms with van der Waals surface area (Å²) in [7, 11) is -3.50. The van der Waals surface area contributed by atoms with Gasteiger partial charge >= 0.3 is 5.97 Å². The second-order valence-corrected chi connectivity index (χ2v) is 6.51. The highest BCUT2D eigenvalue weighted by atomic mass is 79.9. The van der Waals surface area contributed by atoms with E-state index in [0.717, 1.165) is 6.07 Å². The minimum Gasteiger partial charge on any atom is -0.481 e. The highest BCUT2D eigenvalue weighted by molar-refractivity contribution is 9.10. The second-order valence-electron chi connectivity index (χ2n) is 3.47. The van der Waals surface area contributed by atoms with Crippen molar-refractivity contribution < 1.29 is 22.7 Å². The molecule has 17 heavy (non-hydrogen) atoms. The average molecular weight is 325 g/mol. The fourth-order valence-electron chi connectivity index (χ4n) is 1.19. The van der Waals surface area contributed by atoms with Crippen LogP contribution in [0.2, 0.25) is 0 Å². The molecule has 0 bridgehead atoms. The van der Waals surface area contributed by atoms with Crippen LogP contribution in [0.5, 0.6) is 0 Å². The first-order valence-electron chi connectivity index (χ1n) is 4.66. The monoisotopic (exact) mass is 324 g/mol. The van der Waals surface area contributed by atoms with Gasteiger partial charge in [0.05, 0.1) is 17.9 Å². The van der Waals surface area contributed by atoms with Crippen molar-refractivity contribution in [1.82, 2.24) is 0 Å². The molecule has 0 amide bonds. The summed E-state index contributed by atoms with van der Waals surface area (Å²) in [6, 6.07) is 3.69. The molecule has 4 nitrogen and oxygen atoms in total. The van der Waals surface area contributed by atoms with Gasteiger partial charge in [0, 0.05) is 4.47 Å². The van der Waals surface area contributed by atoms with Gasteiger partial charge in [0.25, 0.3) is 0 Å². The highest BCUT2D eigenvalue weighted by Crippen LogP contribution is 2.20. The Labute approximate surface area is 107 Å². The third-order valence-corrected chi connectivity index (χ3v) is 4.33. The summed E-state index contributed by atoms with van der Waals surface area (Å²) in [5.41, 5.74) is 0.414. The van der Waals surface area contributed by atoms with Gasteiger partial charge in [-0.15, -0.1) is 0 Å². The number of hydrogen-bond acceptors (Lipinski definition) is 3. The molecule has 0 heterocycles. The summed E-state index contributed by atoms with van der Waals surface area (Å²) in [6.45, 7) is 0. The van der Waals surface area contributed by atoms with Gasteiger partial charge in [0.1, 0.15) is 5.82 Å². The van der Waals surface area contributed by atoms with Crippen LogP contribution in [0.4, 0.5) is 4.39 Å². The van der Waals surface area contributed by atoms with Crippen molar-refractivity contribution in [3.05, 3.63) is 34.1 Å². The van der Waals surface area contributed by atoms with Gasteiger partial charge in [-0.3, -0.25) is 4.79 Å². The molecule has 1 N–H and O–H groups in total. The van der Waals surface area contributed by atoms with Crippen molar-refractivity contribution in [3.63, 3.8) is 0 Å². The van der Waals surface area contributed by atoms with Gasteiger partial charge in [-0.05, 0) is 17.7 Å². The molecule has 94 valence electrons. The number of rotatable bonds is 5. The number of aliphatic carboxylic acids is 1. The van der Waals surface area contributed by atoms with E-state index in [1.165, 1.54) is 12.1 Å². The number of halogens is 2. The van der Waals surface area contributed by atoms with E-state index in [-0.39, 0.29) is 5.75 Å². The van der Waals surface area contributed by atoms with Crippen LogP contribution in [-0.4, -0.2) is 25.2 Å². The fourth-order valence-corrected chi connectivity index (χ4v) is 3.22. The number of carbonyl (C=O) groups is 1. The van der Waals surface area contributed by atoms with Crippen LogP contribution in [-0.2, 0) is 20.4 Å². The zero-order chi connectivity index (χ0) is 13.1. The summed E-state index contributed by atoms with van der Waals surface area (Å²) >= 11 is 3.06. The SMILES string of the molecule is O=C(O)CCS(=O)(=O)Cc1ccc(F)cc1Br. The standard InChI is InChI=1S/C10H10BrFO4S/c11-9-5-8(12)2-1-7(9)6-17(15,16)4-3-10(13)14/h1-2,5H,3-4,6H2,(H,13,14). The first-order valence-corrected chi connectivity index (χ1v) is 7.28. The topological polar surface area (TPSA) is 71.4 Å². The van der Waals surface area contributed by atoms with Gasteiger partial charge < -0.3 is 5.11 Å². The van der Waals surface area contributed by atoms with Crippen molar-refractivity contribution in [2.75, 3.05) is 5.75 Å². The predicted octanol–water partition coefficient (Wildman–Crippen LogP) is 1.98. The maximum Gasteiger partial charge on any atom is 0.304 e. The Morgan fingerprint density at radius 3 is 2.59 bits per heavy atom. The zero-order valence-corrected chi connectivity index (χ0v) is 11.1. The average Bonchev–Trinajstić information content (AvgIpc) is 2.20. The number of benzene rings is 1. The summed E-state index contributed by atoms with van der Waals surface area (Å²) in [6.07, 6.45) is -0.429. The summed E-state index contributed by atoms with van der Waals surface area (Å²) in [5.74, 6) is -2.36. The van der Waals surface area contributed by atoms with Crippen molar-refractivity contribution >= 4 is 31.7 Å². The van der Waals surface area contributed by atoms with Crippen LogP contribution in [0.1, 0.15) is 12.0 Å². The lowest BCUT2D eigenvalue weighted by Crippen LogP contribution is -2.13. The molecule has 0 aromatic heterocycles. The van der Waals surface area contributed by atoms with Crippen LogP contribution >= 0.6 is 15.9 Å². The van der Waals surface area contributed by atoms with Crippen molar-refractivity contribution in [3.8, 4) is 0 Å². The Hall–Kier alpha value is -0.950. The first kappa shape index (κ1) is 14.1. The minimum absolute atomic E-state index is 0.304. The van der Waals surface area contributed by atoms with Crippen LogP contribution in [0, 0.1) is 5.82 Å². The minimum atomic E-state index is -3.50. The van der Waals surface area contributed by atoms with E-state index in [1.807, 2.05) is 0 Å². The lowest BCUT2D eigenvalue weighted by molar-refractivity contribution is -0.136. The first-order chi connectivity index (χ1) is 7.80. The van der Waals surface area contributed by atoms with Crippen LogP contribution in [0.25, 0.3) is 0 Å². The largest absolute Gasteiger partial charge is 0.481 e. The third-order valence-electron chi connectivity index (χ3n) is 2.02. The zero-order valence-electron chi connectivity index (χ0n) is 8.69. The Bertz CT molecular complexity index is 527. The van der Waals surface area contributed by atoms with E-state index >= 15 is 0 Å². The Kier molecular flexibility index (Phi) is 4.64. The molecule has 1 aromatic carbocycles. The van der Waals surface area contributed by atoms with E-state index < -0.39 is 33.8 Å². The van der Waals surface area contributed by atoms with Gasteiger partial charge in [0.15, 0.2) is 9.84 Å². The van der Waals surface area contributed by atoms with Gasteiger partial charge in [0.2, 0.25) is 0 Å². The maximum absolute atomic E-state index is 12.8. The van der Waals surface area contributed by atoms with E-state index in [4.69, 9.17) is 5.11 Å². The molecule has 0 saturated heterocycles. The summed E-state index contributed by atoms with van der Waals surface area (Å²) in [5, 5.41) is 8.41. The van der Waals surface area contributed by atoms with Gasteiger partial charge in [-0.2, -0.15) is 0 Å². The summed E-state index contributed by atoms with van der Waals surface area (Å²) < 4.78 is 36.3. The quantitative estimate of drug-likeness (QED) is 0.898. The molecule has 0 fully saturated rings. The van der Waals surface area contributed by atoms with Gasteiger partial charge in [-0.25, -0.2) is 12.8 Å². The molecule has 1 aromatic rings. The number of hydrogen-bond donors (Lipinski definition) is 1. The van der Waals surface area contributed by atoms with Crippen LogP contribution < -0.4 is 0 Å². The molecular weight excluding hydrogens is 315 g/mol. The molecule has 0 aliphatic heterocycles. The third kappa shape index (κ3) is 4.82. The molecule has 1 rings (SSSR count). The van der Waals surface area contributed by atoms with E-state index in [1.54, 1.807) is 0 Å². The molecule has 0 unspecified atom stereocenters. The van der Waals surface area contributed by atoms with Gasteiger partial charge in [-0.1, -0.05) is 22.0 Å². The molecule has 0 aliphatic carbocycles. The molecule has 0 saturated carbocycles. The smallest absolute Gasteiger partial charge is 0.304 e. The molecular formula is C10H10BrFO4S. The van der Waals surface area contributed by atoms with Crippen molar-refractivity contribution in [2.45, 2.75) is 12.2 Å². The molecule has 0 spiro atoms. The van der Waals surface area contributed by atoms with E-state index in [2.05, 4.69) is 15.9 Å². The number of carboxylic acids is 1. The van der Waals surface area contributed by atoms with Crippen molar-refractivity contribution in [2.24, 2.45) is 0 Å². The molecule has 0 aliphatic rings. The summed E-state index contributed by atoms with van der Waals surface area (Å²) in [4.78, 5) is 10.3. The molecule has 0 atom stereocenters. The lowest BCUT2D eigenvalue weighted by Gasteiger charge is -2.05. The Balaban J connectivity index is 2.79. The maximum atomic E-state index is 12.8. The molecule has 7 heteroatoms. The van der Waals surface area contributed by atoms with E-state index in [0.29, 0.717) is 10.0 Å². The fraction of sp³-hybridized carbons (Fsp3) is 0.300. The van der Waals surface area contributed by atoms with Crippen LogP contribution in [0.3, 0.4) is 0 Å². The normalized spacial score (nSPS) is 11.4. The Morgan fingerprint density at radius 2 is 2.06 bits per heavy atom. The predicted molar refractivity (Wildman–Crippen MR) is 63.8 cm³/mol.